The van der Waals surface area contributed by atoms with Gasteiger partial charge in [0.2, 0.25) is 0 Å². The molecule has 0 atom stereocenters. The van der Waals surface area contributed by atoms with Gasteiger partial charge in [-0.05, 0) is 32.0 Å². The Balaban J connectivity index is 1.90. The maximum absolute atomic E-state index is 12.3. The number of hydrogen-bond donors (Lipinski definition) is 1. The average Bonchev–Trinajstić information content (AvgIpc) is 2.92. The highest BCUT2D eigenvalue weighted by Crippen LogP contribution is 2.18. The lowest BCUT2D eigenvalue weighted by atomic mass is 10.2. The SMILES string of the molecule is Cc1csc(NC(=O)c2cc(-c3cccnc3)nc(C)n2)n1. The quantitative estimate of drug-likeness (QED) is 0.804. The van der Waals surface area contributed by atoms with E-state index in [2.05, 4.69) is 25.3 Å². The van der Waals surface area contributed by atoms with E-state index in [1.54, 1.807) is 25.4 Å². The lowest BCUT2D eigenvalue weighted by molar-refractivity contribution is 0.102. The summed E-state index contributed by atoms with van der Waals surface area (Å²) >= 11 is 1.38. The fourth-order valence-electron chi connectivity index (χ4n) is 1.92. The van der Waals surface area contributed by atoms with Crippen molar-refractivity contribution in [3.63, 3.8) is 0 Å². The number of aryl methyl sites for hydroxylation is 2. The highest BCUT2D eigenvalue weighted by Gasteiger charge is 2.13. The van der Waals surface area contributed by atoms with Crippen LogP contribution in [0, 0.1) is 13.8 Å². The lowest BCUT2D eigenvalue weighted by Crippen LogP contribution is -2.15. The van der Waals surface area contributed by atoms with Gasteiger partial charge in [-0.15, -0.1) is 11.3 Å². The van der Waals surface area contributed by atoms with Crippen LogP contribution < -0.4 is 5.32 Å². The number of thiazole rings is 1. The highest BCUT2D eigenvalue weighted by molar-refractivity contribution is 7.13. The summed E-state index contributed by atoms with van der Waals surface area (Å²) in [5.74, 6) is 0.229. The zero-order chi connectivity index (χ0) is 15.5. The number of pyridine rings is 1. The minimum absolute atomic E-state index is 0.301. The third-order valence-electron chi connectivity index (χ3n) is 2.87. The molecule has 22 heavy (non-hydrogen) atoms. The number of nitrogens with zero attached hydrogens (tertiary/aromatic N) is 4. The largest absolute Gasteiger partial charge is 0.296 e. The molecule has 1 amide bonds. The van der Waals surface area contributed by atoms with E-state index in [9.17, 15) is 4.79 Å². The number of carbonyl (C=O) groups is 1. The van der Waals surface area contributed by atoms with Crippen LogP contribution in [0.5, 0.6) is 0 Å². The maximum Gasteiger partial charge on any atom is 0.276 e. The Morgan fingerprint density at radius 3 is 2.77 bits per heavy atom. The first-order chi connectivity index (χ1) is 10.6. The number of aromatic nitrogens is 4. The van der Waals surface area contributed by atoms with Crippen LogP contribution in [0.25, 0.3) is 11.3 Å². The maximum atomic E-state index is 12.3. The average molecular weight is 311 g/mol. The summed E-state index contributed by atoms with van der Waals surface area (Å²) in [4.78, 5) is 29.1. The molecule has 6 nitrogen and oxygen atoms in total. The molecule has 110 valence electrons. The number of amides is 1. The fraction of sp³-hybridized carbons (Fsp3) is 0.133. The molecule has 0 saturated carbocycles. The van der Waals surface area contributed by atoms with E-state index in [-0.39, 0.29) is 5.91 Å². The standard InChI is InChI=1S/C15H13N5OS/c1-9-8-22-15(17-9)20-14(21)13-6-12(18-10(2)19-13)11-4-3-5-16-7-11/h3-8H,1-2H3,(H,17,20,21). The second-order valence-electron chi connectivity index (χ2n) is 4.68. The first-order valence-corrected chi connectivity index (χ1v) is 7.49. The van der Waals surface area contributed by atoms with Crippen molar-refractivity contribution >= 4 is 22.4 Å². The van der Waals surface area contributed by atoms with Gasteiger partial charge in [0, 0.05) is 23.3 Å². The molecular weight excluding hydrogens is 298 g/mol. The molecule has 7 heteroatoms. The van der Waals surface area contributed by atoms with Crippen LogP contribution in [0.3, 0.4) is 0 Å². The van der Waals surface area contributed by atoms with E-state index in [0.717, 1.165) is 11.3 Å². The number of nitrogens with one attached hydrogen (secondary N) is 1. The van der Waals surface area contributed by atoms with E-state index in [1.165, 1.54) is 11.3 Å². The number of carbonyl (C=O) groups excluding carboxylic acids is 1. The van der Waals surface area contributed by atoms with Crippen LogP contribution >= 0.6 is 11.3 Å². The van der Waals surface area contributed by atoms with Crippen LogP contribution in [0.4, 0.5) is 5.13 Å². The molecule has 0 aliphatic rings. The van der Waals surface area contributed by atoms with Crippen molar-refractivity contribution in [2.45, 2.75) is 13.8 Å². The van der Waals surface area contributed by atoms with Gasteiger partial charge in [-0.3, -0.25) is 15.1 Å². The van der Waals surface area contributed by atoms with Gasteiger partial charge in [-0.1, -0.05) is 0 Å². The number of rotatable bonds is 3. The molecule has 3 rings (SSSR count). The van der Waals surface area contributed by atoms with E-state index < -0.39 is 0 Å². The third kappa shape index (κ3) is 3.15. The second-order valence-corrected chi connectivity index (χ2v) is 5.53. The monoisotopic (exact) mass is 311 g/mol. The lowest BCUT2D eigenvalue weighted by Gasteiger charge is -2.05. The third-order valence-corrected chi connectivity index (χ3v) is 3.74. The summed E-state index contributed by atoms with van der Waals surface area (Å²) in [5.41, 5.74) is 2.68. The summed E-state index contributed by atoms with van der Waals surface area (Å²) in [7, 11) is 0. The summed E-state index contributed by atoms with van der Waals surface area (Å²) in [5, 5.41) is 5.18. The van der Waals surface area contributed by atoms with Gasteiger partial charge in [0.1, 0.15) is 11.5 Å². The Hall–Kier alpha value is -2.67. The predicted octanol–water partition coefficient (Wildman–Crippen LogP) is 2.86. The van der Waals surface area contributed by atoms with Crippen LogP contribution in [-0.2, 0) is 0 Å². The molecule has 0 aromatic carbocycles. The van der Waals surface area contributed by atoms with Crippen molar-refractivity contribution in [3.05, 3.63) is 53.2 Å². The minimum atomic E-state index is -0.301. The predicted molar refractivity (Wildman–Crippen MR) is 84.8 cm³/mol. The van der Waals surface area contributed by atoms with Gasteiger partial charge in [0.25, 0.3) is 5.91 Å². The van der Waals surface area contributed by atoms with Crippen LogP contribution in [0.1, 0.15) is 22.0 Å². The molecule has 0 aliphatic carbocycles. The van der Waals surface area contributed by atoms with Crippen molar-refractivity contribution in [1.29, 1.82) is 0 Å². The van der Waals surface area contributed by atoms with E-state index >= 15 is 0 Å². The Morgan fingerprint density at radius 1 is 1.23 bits per heavy atom. The zero-order valence-electron chi connectivity index (χ0n) is 12.1. The first-order valence-electron chi connectivity index (χ1n) is 6.61. The van der Waals surface area contributed by atoms with Crippen molar-refractivity contribution in [2.24, 2.45) is 0 Å². The Kier molecular flexibility index (Phi) is 3.88. The number of hydrogen-bond acceptors (Lipinski definition) is 6. The van der Waals surface area contributed by atoms with E-state index in [1.807, 2.05) is 24.4 Å². The smallest absolute Gasteiger partial charge is 0.276 e. The van der Waals surface area contributed by atoms with Gasteiger partial charge in [0.15, 0.2) is 5.13 Å². The molecule has 0 fully saturated rings. The summed E-state index contributed by atoms with van der Waals surface area (Å²) in [6.07, 6.45) is 3.39. The van der Waals surface area contributed by atoms with Crippen molar-refractivity contribution in [3.8, 4) is 11.3 Å². The molecule has 1 N–H and O–H groups in total. The Bertz CT molecular complexity index is 816. The molecule has 3 heterocycles. The molecule has 3 aromatic rings. The van der Waals surface area contributed by atoms with Gasteiger partial charge >= 0.3 is 0 Å². The van der Waals surface area contributed by atoms with E-state index in [0.29, 0.717) is 22.3 Å². The summed E-state index contributed by atoms with van der Waals surface area (Å²) < 4.78 is 0. The highest BCUT2D eigenvalue weighted by atomic mass is 32.1. The zero-order valence-corrected chi connectivity index (χ0v) is 12.9. The molecule has 0 radical (unpaired) electrons. The summed E-state index contributed by atoms with van der Waals surface area (Å²) in [6, 6.07) is 5.37. The minimum Gasteiger partial charge on any atom is -0.296 e. The van der Waals surface area contributed by atoms with Crippen LogP contribution in [-0.4, -0.2) is 25.8 Å². The summed E-state index contributed by atoms with van der Waals surface area (Å²) in [6.45, 7) is 3.63. The fourth-order valence-corrected chi connectivity index (χ4v) is 2.60. The molecule has 0 saturated heterocycles. The van der Waals surface area contributed by atoms with Crippen LogP contribution in [0.15, 0.2) is 36.0 Å². The van der Waals surface area contributed by atoms with Gasteiger partial charge in [-0.2, -0.15) is 0 Å². The molecule has 0 bridgehead atoms. The first kappa shape index (κ1) is 14.3. The van der Waals surface area contributed by atoms with Crippen molar-refractivity contribution in [1.82, 2.24) is 19.9 Å². The van der Waals surface area contributed by atoms with Crippen LogP contribution in [0.2, 0.25) is 0 Å². The Labute approximate surface area is 131 Å². The van der Waals surface area contributed by atoms with Gasteiger partial charge in [0.05, 0.1) is 11.4 Å². The molecule has 0 spiro atoms. The normalized spacial score (nSPS) is 10.5. The van der Waals surface area contributed by atoms with Crippen molar-refractivity contribution < 1.29 is 4.79 Å². The van der Waals surface area contributed by atoms with Crippen molar-refractivity contribution in [2.75, 3.05) is 5.32 Å². The van der Waals surface area contributed by atoms with Gasteiger partial charge < -0.3 is 0 Å². The number of anilines is 1. The molecule has 3 aromatic heterocycles. The molecule has 0 unspecified atom stereocenters. The molecule has 0 aliphatic heterocycles. The Morgan fingerprint density at radius 2 is 2.09 bits per heavy atom. The topological polar surface area (TPSA) is 80.7 Å². The second kappa shape index (κ2) is 5.98. The molecular formula is C15H13N5OS. The van der Waals surface area contributed by atoms with E-state index in [4.69, 9.17) is 0 Å². The van der Waals surface area contributed by atoms with Gasteiger partial charge in [-0.25, -0.2) is 15.0 Å².